The van der Waals surface area contributed by atoms with Crippen molar-refractivity contribution in [3.8, 4) is 10.8 Å². The zero-order valence-electron chi connectivity index (χ0n) is 14.5. The second-order valence-corrected chi connectivity index (χ2v) is 7.72. The first kappa shape index (κ1) is 16.8. The van der Waals surface area contributed by atoms with Gasteiger partial charge in [0.1, 0.15) is 5.76 Å². The summed E-state index contributed by atoms with van der Waals surface area (Å²) in [5, 5.41) is 5.41. The van der Waals surface area contributed by atoms with Crippen LogP contribution in [0.4, 0.5) is 0 Å². The summed E-state index contributed by atoms with van der Waals surface area (Å²) >= 11 is 1.63. The van der Waals surface area contributed by atoms with Gasteiger partial charge in [-0.05, 0) is 31.2 Å². The van der Waals surface area contributed by atoms with E-state index in [4.69, 9.17) is 4.42 Å². The molecule has 4 heterocycles. The Morgan fingerprint density at radius 3 is 3.00 bits per heavy atom. The molecule has 2 saturated heterocycles. The van der Waals surface area contributed by atoms with Gasteiger partial charge in [-0.15, -0.1) is 11.3 Å². The lowest BCUT2D eigenvalue weighted by atomic mass is 10.1. The molecular weight excluding hydrogens is 336 g/mol. The summed E-state index contributed by atoms with van der Waals surface area (Å²) in [5.41, 5.74) is 0.970. The first-order chi connectivity index (χ1) is 12.2. The van der Waals surface area contributed by atoms with Gasteiger partial charge in [0, 0.05) is 39.3 Å². The molecule has 0 saturated carbocycles. The summed E-state index contributed by atoms with van der Waals surface area (Å²) in [4.78, 5) is 22.7. The van der Waals surface area contributed by atoms with Crippen molar-refractivity contribution >= 4 is 17.2 Å². The fourth-order valence-electron chi connectivity index (χ4n) is 3.57. The van der Waals surface area contributed by atoms with Gasteiger partial charge in [-0.2, -0.15) is 0 Å². The lowest BCUT2D eigenvalue weighted by molar-refractivity contribution is -0.133. The molecule has 2 aromatic heterocycles. The molecule has 2 fully saturated rings. The Kier molecular flexibility index (Phi) is 4.87. The molecule has 0 aliphatic carbocycles. The predicted molar refractivity (Wildman–Crippen MR) is 97.4 cm³/mol. The van der Waals surface area contributed by atoms with E-state index in [1.807, 2.05) is 29.3 Å². The molecule has 6 nitrogen and oxygen atoms in total. The van der Waals surface area contributed by atoms with Crippen molar-refractivity contribution in [2.45, 2.75) is 32.4 Å². The maximum atomic E-state index is 12.6. The molecule has 0 bridgehead atoms. The molecule has 134 valence electrons. The molecule has 1 amide bonds. The number of rotatable bonds is 4. The van der Waals surface area contributed by atoms with Gasteiger partial charge in [-0.25, -0.2) is 4.98 Å². The Bertz CT molecular complexity index is 722. The number of carbonyl (C=O) groups is 1. The topological polar surface area (TPSA) is 61.6 Å². The number of likely N-dealkylation sites (tertiary alicyclic amines) is 1. The lowest BCUT2D eigenvalue weighted by Crippen LogP contribution is -2.57. The van der Waals surface area contributed by atoms with Crippen LogP contribution < -0.4 is 5.32 Å². The Balaban J connectivity index is 1.41. The van der Waals surface area contributed by atoms with E-state index < -0.39 is 0 Å². The third kappa shape index (κ3) is 3.63. The average molecular weight is 360 g/mol. The molecule has 2 aromatic rings. The highest BCUT2D eigenvalue weighted by Gasteiger charge is 2.30. The maximum Gasteiger partial charge on any atom is 0.241 e. The van der Waals surface area contributed by atoms with E-state index in [0.717, 1.165) is 68.4 Å². The number of nitrogens with zero attached hydrogens (tertiary/aromatic N) is 3. The van der Waals surface area contributed by atoms with Crippen LogP contribution in [0.15, 0.2) is 21.9 Å². The Morgan fingerprint density at radius 2 is 2.24 bits per heavy atom. The highest BCUT2D eigenvalue weighted by Crippen LogP contribution is 2.26. The molecule has 1 atom stereocenters. The average Bonchev–Trinajstić information content (AvgIpc) is 3.37. The van der Waals surface area contributed by atoms with Crippen LogP contribution in [0.5, 0.6) is 0 Å². The number of oxazole rings is 1. The number of hydrogen-bond acceptors (Lipinski definition) is 6. The van der Waals surface area contributed by atoms with Crippen LogP contribution in [0.25, 0.3) is 10.8 Å². The lowest BCUT2D eigenvalue weighted by Gasteiger charge is -2.34. The fourth-order valence-corrected chi connectivity index (χ4v) is 4.22. The monoisotopic (exact) mass is 360 g/mol. The van der Waals surface area contributed by atoms with Gasteiger partial charge in [0.05, 0.1) is 16.6 Å². The van der Waals surface area contributed by atoms with Gasteiger partial charge in [0.25, 0.3) is 0 Å². The van der Waals surface area contributed by atoms with Gasteiger partial charge in [0.2, 0.25) is 11.8 Å². The molecule has 1 N–H and O–H groups in total. The summed E-state index contributed by atoms with van der Waals surface area (Å²) in [6.07, 6.45) is 2.26. The quantitative estimate of drug-likeness (QED) is 0.905. The van der Waals surface area contributed by atoms with Gasteiger partial charge in [0.15, 0.2) is 0 Å². The van der Waals surface area contributed by atoms with Crippen LogP contribution in [-0.4, -0.2) is 59.5 Å². The normalized spacial score (nSPS) is 21.8. The van der Waals surface area contributed by atoms with Gasteiger partial charge < -0.3 is 14.6 Å². The zero-order chi connectivity index (χ0) is 17.2. The minimum Gasteiger partial charge on any atom is -0.440 e. The summed E-state index contributed by atoms with van der Waals surface area (Å²) < 4.78 is 5.84. The van der Waals surface area contributed by atoms with E-state index >= 15 is 0 Å². The number of carbonyl (C=O) groups excluding carboxylic acids is 1. The van der Waals surface area contributed by atoms with Crippen LogP contribution in [0.1, 0.15) is 24.3 Å². The molecule has 2 aliphatic rings. The van der Waals surface area contributed by atoms with Crippen LogP contribution in [0.2, 0.25) is 0 Å². The Labute approximate surface area is 151 Å². The van der Waals surface area contributed by atoms with E-state index in [9.17, 15) is 4.79 Å². The molecule has 25 heavy (non-hydrogen) atoms. The Hall–Kier alpha value is -1.70. The third-order valence-electron chi connectivity index (χ3n) is 4.97. The third-order valence-corrected chi connectivity index (χ3v) is 5.83. The van der Waals surface area contributed by atoms with E-state index in [1.54, 1.807) is 11.3 Å². The smallest absolute Gasteiger partial charge is 0.241 e. The first-order valence-electron chi connectivity index (χ1n) is 8.95. The van der Waals surface area contributed by atoms with Crippen LogP contribution >= 0.6 is 11.3 Å². The zero-order valence-corrected chi connectivity index (χ0v) is 15.3. The fraction of sp³-hybridized carbons (Fsp3) is 0.556. The summed E-state index contributed by atoms with van der Waals surface area (Å²) in [6.45, 7) is 6.99. The van der Waals surface area contributed by atoms with E-state index in [2.05, 4.69) is 15.2 Å². The standard InChI is InChI=1S/C18H24N4O2S/c1-13-14(20-17(24-13)16-5-4-10-25-16)11-21-9-6-19-15(12-21)18(23)22-7-2-3-8-22/h4-5,10,15,19H,2-3,6-9,11-12H2,1H3. The van der Waals surface area contributed by atoms with E-state index in [1.165, 1.54) is 0 Å². The van der Waals surface area contributed by atoms with Crippen molar-refractivity contribution in [2.75, 3.05) is 32.7 Å². The number of aromatic nitrogens is 1. The van der Waals surface area contributed by atoms with Crippen molar-refractivity contribution in [3.63, 3.8) is 0 Å². The molecular formula is C18H24N4O2S. The van der Waals surface area contributed by atoms with Crippen molar-refractivity contribution in [2.24, 2.45) is 0 Å². The minimum atomic E-state index is -0.101. The van der Waals surface area contributed by atoms with Gasteiger partial charge >= 0.3 is 0 Å². The highest BCUT2D eigenvalue weighted by molar-refractivity contribution is 7.13. The molecule has 7 heteroatoms. The number of nitrogens with one attached hydrogen (secondary N) is 1. The number of thiophene rings is 1. The van der Waals surface area contributed by atoms with Crippen LogP contribution in [-0.2, 0) is 11.3 Å². The molecule has 2 aliphatic heterocycles. The second kappa shape index (κ2) is 7.27. The van der Waals surface area contributed by atoms with Crippen molar-refractivity contribution in [3.05, 3.63) is 29.0 Å². The number of amides is 1. The summed E-state index contributed by atoms with van der Waals surface area (Å²) in [7, 11) is 0. The molecule has 4 rings (SSSR count). The van der Waals surface area contributed by atoms with Crippen molar-refractivity contribution in [1.29, 1.82) is 0 Å². The second-order valence-electron chi connectivity index (χ2n) is 6.77. The van der Waals surface area contributed by atoms with Crippen LogP contribution in [0.3, 0.4) is 0 Å². The molecule has 0 spiro atoms. The molecule has 1 unspecified atom stereocenters. The van der Waals surface area contributed by atoms with Crippen molar-refractivity contribution < 1.29 is 9.21 Å². The number of hydrogen-bond donors (Lipinski definition) is 1. The number of piperazine rings is 1. The van der Waals surface area contributed by atoms with Crippen molar-refractivity contribution in [1.82, 2.24) is 20.1 Å². The summed E-state index contributed by atoms with van der Waals surface area (Å²) in [5.74, 6) is 1.81. The summed E-state index contributed by atoms with van der Waals surface area (Å²) in [6, 6.07) is 3.93. The Morgan fingerprint density at radius 1 is 1.40 bits per heavy atom. The van der Waals surface area contributed by atoms with Gasteiger partial charge in [-0.3, -0.25) is 9.69 Å². The van der Waals surface area contributed by atoms with E-state index in [0.29, 0.717) is 5.89 Å². The maximum absolute atomic E-state index is 12.6. The minimum absolute atomic E-state index is 0.101. The number of aryl methyl sites for hydroxylation is 1. The van der Waals surface area contributed by atoms with Gasteiger partial charge in [-0.1, -0.05) is 6.07 Å². The SMILES string of the molecule is Cc1oc(-c2cccs2)nc1CN1CCNC(C(=O)N2CCCC2)C1. The van der Waals surface area contributed by atoms with Crippen LogP contribution in [0, 0.1) is 6.92 Å². The predicted octanol–water partition coefficient (Wildman–Crippen LogP) is 2.11. The highest BCUT2D eigenvalue weighted by atomic mass is 32.1. The molecule has 0 radical (unpaired) electrons. The first-order valence-corrected chi connectivity index (χ1v) is 9.83. The molecule has 0 aromatic carbocycles. The largest absolute Gasteiger partial charge is 0.440 e. The van der Waals surface area contributed by atoms with E-state index in [-0.39, 0.29) is 11.9 Å².